The normalized spacial score (nSPS) is 10.3. The van der Waals surface area contributed by atoms with Crippen molar-refractivity contribution in [3.8, 4) is 16.9 Å². The lowest BCUT2D eigenvalue weighted by molar-refractivity contribution is -0.123. The molecule has 0 heterocycles. The zero-order valence-corrected chi connectivity index (χ0v) is 21.5. The van der Waals surface area contributed by atoms with E-state index in [1.54, 1.807) is 42.5 Å². The van der Waals surface area contributed by atoms with Gasteiger partial charge in [0.05, 0.1) is 4.47 Å². The number of rotatable bonds is 7. The number of carbonyl (C=O) groups is 3. The topological polar surface area (TPSA) is 96.5 Å². The molecule has 4 aromatic rings. The summed E-state index contributed by atoms with van der Waals surface area (Å²) in [6, 6.07) is 29.1. The summed E-state index contributed by atoms with van der Waals surface area (Å²) in [6.07, 6.45) is 0. The van der Waals surface area contributed by atoms with Crippen molar-refractivity contribution in [2.45, 2.75) is 6.92 Å². The lowest BCUT2D eigenvalue weighted by Crippen LogP contribution is -2.43. The number of hydrogen-bond acceptors (Lipinski definition) is 4. The summed E-state index contributed by atoms with van der Waals surface area (Å²) in [5.74, 6) is -0.749. The maximum atomic E-state index is 12.4. The van der Waals surface area contributed by atoms with Gasteiger partial charge in [0.15, 0.2) is 6.61 Å². The van der Waals surface area contributed by atoms with Crippen LogP contribution < -0.4 is 20.9 Å². The number of hydrazine groups is 1. The standard InChI is InChI=1S/C29H24BrN3O4/c1-19-7-5-6-10-24(19)29(36)31-23-14-11-21(12-15-23)28(35)33-32-27(34)18-37-26-16-13-22(17-25(26)30)20-8-3-2-4-9-20/h2-17H,18H2,1H3,(H,31,36)(H,32,34)(H,33,35). The average molecular weight is 558 g/mol. The highest BCUT2D eigenvalue weighted by atomic mass is 79.9. The predicted octanol–water partition coefficient (Wildman–Crippen LogP) is 5.52. The van der Waals surface area contributed by atoms with Crippen LogP contribution in [-0.2, 0) is 4.79 Å². The van der Waals surface area contributed by atoms with E-state index in [0.717, 1.165) is 16.7 Å². The third-order valence-corrected chi connectivity index (χ3v) is 6.13. The summed E-state index contributed by atoms with van der Waals surface area (Å²) in [4.78, 5) is 37.0. The Morgan fingerprint density at radius 2 is 1.46 bits per heavy atom. The van der Waals surface area contributed by atoms with Crippen molar-refractivity contribution < 1.29 is 19.1 Å². The first-order valence-electron chi connectivity index (χ1n) is 11.4. The Bertz CT molecular complexity index is 1420. The Balaban J connectivity index is 1.25. The minimum absolute atomic E-state index is 0.232. The van der Waals surface area contributed by atoms with Crippen LogP contribution in [0.3, 0.4) is 0 Å². The van der Waals surface area contributed by atoms with Gasteiger partial charge >= 0.3 is 0 Å². The molecule has 0 unspecified atom stereocenters. The second-order valence-electron chi connectivity index (χ2n) is 8.15. The Labute approximate surface area is 223 Å². The molecule has 0 radical (unpaired) electrons. The third kappa shape index (κ3) is 6.83. The molecule has 0 spiro atoms. The van der Waals surface area contributed by atoms with Crippen LogP contribution in [0.25, 0.3) is 11.1 Å². The molecule has 0 aliphatic carbocycles. The van der Waals surface area contributed by atoms with Crippen LogP contribution in [0.2, 0.25) is 0 Å². The molecular weight excluding hydrogens is 534 g/mol. The van der Waals surface area contributed by atoms with Gasteiger partial charge in [-0.25, -0.2) is 0 Å². The lowest BCUT2D eigenvalue weighted by Gasteiger charge is -2.11. The van der Waals surface area contributed by atoms with Crippen LogP contribution >= 0.6 is 15.9 Å². The van der Waals surface area contributed by atoms with Gasteiger partial charge in [0.25, 0.3) is 17.7 Å². The maximum Gasteiger partial charge on any atom is 0.276 e. The number of ether oxygens (including phenoxy) is 1. The molecule has 3 amide bonds. The van der Waals surface area contributed by atoms with Gasteiger partial charge in [0, 0.05) is 16.8 Å². The predicted molar refractivity (Wildman–Crippen MR) is 146 cm³/mol. The van der Waals surface area contributed by atoms with Gasteiger partial charge in [-0.1, -0.05) is 54.6 Å². The molecule has 0 fully saturated rings. The van der Waals surface area contributed by atoms with Crippen LogP contribution in [0, 0.1) is 6.92 Å². The van der Waals surface area contributed by atoms with E-state index >= 15 is 0 Å². The molecular formula is C29H24BrN3O4. The molecule has 7 nitrogen and oxygen atoms in total. The van der Waals surface area contributed by atoms with Crippen LogP contribution in [0.4, 0.5) is 5.69 Å². The van der Waals surface area contributed by atoms with E-state index in [1.807, 2.05) is 61.5 Å². The first kappa shape index (κ1) is 25.7. The summed E-state index contributed by atoms with van der Waals surface area (Å²) in [6.45, 7) is 1.58. The van der Waals surface area contributed by atoms with Gasteiger partial charge in [-0.2, -0.15) is 0 Å². The van der Waals surface area contributed by atoms with E-state index in [-0.39, 0.29) is 12.5 Å². The number of benzene rings is 4. The van der Waals surface area contributed by atoms with E-state index in [1.165, 1.54) is 0 Å². The fourth-order valence-electron chi connectivity index (χ4n) is 3.54. The molecule has 0 aliphatic rings. The minimum atomic E-state index is -0.519. The van der Waals surface area contributed by atoms with E-state index < -0.39 is 11.8 Å². The van der Waals surface area contributed by atoms with Crippen LogP contribution in [0.5, 0.6) is 5.75 Å². The van der Waals surface area contributed by atoms with Crippen molar-refractivity contribution in [2.75, 3.05) is 11.9 Å². The molecule has 0 atom stereocenters. The molecule has 0 saturated heterocycles. The second-order valence-corrected chi connectivity index (χ2v) is 9.00. The number of amides is 3. The van der Waals surface area contributed by atoms with E-state index in [0.29, 0.717) is 27.0 Å². The number of carbonyl (C=O) groups excluding carboxylic acids is 3. The molecule has 4 rings (SSSR count). The summed E-state index contributed by atoms with van der Waals surface area (Å²) in [5, 5.41) is 2.80. The molecule has 0 aliphatic heterocycles. The highest BCUT2D eigenvalue weighted by Crippen LogP contribution is 2.30. The zero-order valence-electron chi connectivity index (χ0n) is 20.0. The van der Waals surface area contributed by atoms with Crippen molar-refractivity contribution >= 4 is 39.3 Å². The maximum absolute atomic E-state index is 12.4. The number of hydrogen-bond donors (Lipinski definition) is 3. The van der Waals surface area contributed by atoms with Gasteiger partial charge in [0.2, 0.25) is 0 Å². The first-order valence-corrected chi connectivity index (χ1v) is 12.2. The smallest absolute Gasteiger partial charge is 0.276 e. The summed E-state index contributed by atoms with van der Waals surface area (Å²) >= 11 is 3.47. The fraction of sp³-hybridized carbons (Fsp3) is 0.0690. The van der Waals surface area contributed by atoms with Crippen molar-refractivity contribution in [2.24, 2.45) is 0 Å². The van der Waals surface area contributed by atoms with Crippen LogP contribution in [0.15, 0.2) is 102 Å². The first-order chi connectivity index (χ1) is 17.9. The number of aryl methyl sites for hydroxylation is 1. The highest BCUT2D eigenvalue weighted by molar-refractivity contribution is 9.10. The van der Waals surface area contributed by atoms with E-state index in [2.05, 4.69) is 32.1 Å². The third-order valence-electron chi connectivity index (χ3n) is 5.51. The van der Waals surface area contributed by atoms with E-state index in [4.69, 9.17) is 4.74 Å². The fourth-order valence-corrected chi connectivity index (χ4v) is 4.03. The van der Waals surface area contributed by atoms with Gasteiger partial charge in [-0.05, 0) is 82.0 Å². The van der Waals surface area contributed by atoms with E-state index in [9.17, 15) is 14.4 Å². The quantitative estimate of drug-likeness (QED) is 0.261. The highest BCUT2D eigenvalue weighted by Gasteiger charge is 2.12. The lowest BCUT2D eigenvalue weighted by atomic mass is 10.1. The van der Waals surface area contributed by atoms with Crippen molar-refractivity contribution in [3.05, 3.63) is 118 Å². The van der Waals surface area contributed by atoms with Crippen molar-refractivity contribution in [1.29, 1.82) is 0 Å². The van der Waals surface area contributed by atoms with Crippen LogP contribution in [-0.4, -0.2) is 24.3 Å². The molecule has 186 valence electrons. The Morgan fingerprint density at radius 1 is 0.757 bits per heavy atom. The molecule has 8 heteroatoms. The minimum Gasteiger partial charge on any atom is -0.483 e. The average Bonchev–Trinajstić information content (AvgIpc) is 2.92. The number of halogens is 1. The molecule has 37 heavy (non-hydrogen) atoms. The molecule has 4 aromatic carbocycles. The van der Waals surface area contributed by atoms with Crippen molar-refractivity contribution in [1.82, 2.24) is 10.9 Å². The summed E-state index contributed by atoms with van der Waals surface area (Å²) in [5.41, 5.74) is 9.07. The SMILES string of the molecule is Cc1ccccc1C(=O)Nc1ccc(C(=O)NNC(=O)COc2ccc(-c3ccccc3)cc2Br)cc1. The Kier molecular flexibility index (Phi) is 8.33. The molecule has 0 aromatic heterocycles. The number of anilines is 1. The Morgan fingerprint density at radius 3 is 2.16 bits per heavy atom. The van der Waals surface area contributed by atoms with Gasteiger partial charge in [-0.15, -0.1) is 0 Å². The Hall–Kier alpha value is -4.43. The largest absolute Gasteiger partial charge is 0.483 e. The molecule has 0 bridgehead atoms. The van der Waals surface area contributed by atoms with Crippen molar-refractivity contribution in [3.63, 3.8) is 0 Å². The monoisotopic (exact) mass is 557 g/mol. The number of nitrogens with one attached hydrogen (secondary N) is 3. The van der Waals surface area contributed by atoms with Gasteiger partial charge in [0.1, 0.15) is 5.75 Å². The molecule has 3 N–H and O–H groups in total. The second kappa shape index (κ2) is 12.0. The van der Waals surface area contributed by atoms with Gasteiger partial charge in [-0.3, -0.25) is 25.2 Å². The van der Waals surface area contributed by atoms with Gasteiger partial charge < -0.3 is 10.1 Å². The summed E-state index contributed by atoms with van der Waals surface area (Å²) < 4.78 is 6.28. The molecule has 0 saturated carbocycles. The summed E-state index contributed by atoms with van der Waals surface area (Å²) in [7, 11) is 0. The van der Waals surface area contributed by atoms with Crippen LogP contribution in [0.1, 0.15) is 26.3 Å². The zero-order chi connectivity index (χ0) is 26.2.